The number of aliphatic hydroxyl groups is 1. The van der Waals surface area contributed by atoms with Gasteiger partial charge in [-0.2, -0.15) is 0 Å². The smallest absolute Gasteiger partial charge is 0.0612 e. The zero-order chi connectivity index (χ0) is 11.6. The highest BCUT2D eigenvalue weighted by atomic mass is 16.3. The summed E-state index contributed by atoms with van der Waals surface area (Å²) in [6.07, 6.45) is 1.00. The van der Waals surface area contributed by atoms with Gasteiger partial charge in [0.05, 0.1) is 6.61 Å². The van der Waals surface area contributed by atoms with Crippen molar-refractivity contribution in [3.05, 3.63) is 35.9 Å². The molecule has 0 aliphatic carbocycles. The highest BCUT2D eigenvalue weighted by molar-refractivity contribution is 5.23. The van der Waals surface area contributed by atoms with E-state index in [2.05, 4.69) is 49.1 Å². The molecule has 2 rings (SSSR count). The minimum Gasteiger partial charge on any atom is -0.394 e. The number of hydrogen-bond acceptors (Lipinski definition) is 2. The highest BCUT2D eigenvalue weighted by Gasteiger charge is 2.39. The highest BCUT2D eigenvalue weighted by Crippen LogP contribution is 2.33. The first-order valence-electron chi connectivity index (χ1n) is 6.10. The molecule has 1 aromatic carbocycles. The van der Waals surface area contributed by atoms with Crippen LogP contribution in [0.2, 0.25) is 0 Å². The van der Waals surface area contributed by atoms with Crippen LogP contribution in [0.4, 0.5) is 0 Å². The van der Waals surface area contributed by atoms with Crippen LogP contribution in [0, 0.1) is 0 Å². The summed E-state index contributed by atoms with van der Waals surface area (Å²) in [5.41, 5.74) is 1.40. The Bertz CT molecular complexity index is 326. The summed E-state index contributed by atoms with van der Waals surface area (Å²) < 4.78 is 0. The molecule has 0 amide bonds. The van der Waals surface area contributed by atoms with Gasteiger partial charge in [0, 0.05) is 24.5 Å². The summed E-state index contributed by atoms with van der Waals surface area (Å²) in [4.78, 5) is 2.39. The molecule has 1 aromatic rings. The van der Waals surface area contributed by atoms with E-state index in [1.165, 1.54) is 5.56 Å². The van der Waals surface area contributed by atoms with Crippen molar-refractivity contribution in [2.75, 3.05) is 19.7 Å². The number of nitrogens with zero attached hydrogens (tertiary/aromatic N) is 1. The minimum absolute atomic E-state index is 0.0225. The fourth-order valence-electron chi connectivity index (χ4n) is 2.29. The Hall–Kier alpha value is -0.860. The van der Waals surface area contributed by atoms with Crippen LogP contribution in [0.15, 0.2) is 30.3 Å². The van der Waals surface area contributed by atoms with Gasteiger partial charge in [0.2, 0.25) is 0 Å². The van der Waals surface area contributed by atoms with Gasteiger partial charge in [-0.05, 0) is 18.9 Å². The fourth-order valence-corrected chi connectivity index (χ4v) is 2.29. The average molecular weight is 219 g/mol. The van der Waals surface area contributed by atoms with Crippen molar-refractivity contribution in [1.29, 1.82) is 0 Å². The zero-order valence-electron chi connectivity index (χ0n) is 10.2. The second-order valence-corrected chi connectivity index (χ2v) is 5.02. The second-order valence-electron chi connectivity index (χ2n) is 5.02. The van der Waals surface area contributed by atoms with Crippen molar-refractivity contribution in [3.8, 4) is 0 Å². The Labute approximate surface area is 97.9 Å². The predicted molar refractivity (Wildman–Crippen MR) is 66.5 cm³/mol. The summed E-state index contributed by atoms with van der Waals surface area (Å²) in [6, 6.07) is 10.7. The molecule has 1 heterocycles. The Morgan fingerprint density at radius 3 is 2.44 bits per heavy atom. The number of rotatable bonds is 4. The molecule has 88 valence electrons. The Balaban J connectivity index is 1.95. The number of hydrogen-bond donors (Lipinski definition) is 1. The van der Waals surface area contributed by atoms with E-state index >= 15 is 0 Å². The Kier molecular flexibility index (Phi) is 3.31. The summed E-state index contributed by atoms with van der Waals surface area (Å²) in [7, 11) is 0. The molecule has 0 spiro atoms. The fraction of sp³-hybridized carbons (Fsp3) is 0.571. The predicted octanol–water partition coefficient (Wildman–Crippen LogP) is 2.25. The lowest BCUT2D eigenvalue weighted by Crippen LogP contribution is -2.58. The van der Waals surface area contributed by atoms with Crippen molar-refractivity contribution < 1.29 is 5.11 Å². The van der Waals surface area contributed by atoms with Gasteiger partial charge in [0.15, 0.2) is 0 Å². The quantitative estimate of drug-likeness (QED) is 0.839. The molecule has 2 nitrogen and oxygen atoms in total. The van der Waals surface area contributed by atoms with E-state index < -0.39 is 0 Å². The molecule has 0 bridgehead atoms. The first-order chi connectivity index (χ1) is 7.69. The lowest BCUT2D eigenvalue weighted by atomic mass is 9.85. The lowest BCUT2D eigenvalue weighted by Gasteiger charge is -2.50. The van der Waals surface area contributed by atoms with Crippen LogP contribution in [-0.2, 0) is 0 Å². The minimum atomic E-state index is -0.0225. The van der Waals surface area contributed by atoms with Gasteiger partial charge >= 0.3 is 0 Å². The Morgan fingerprint density at radius 2 is 1.94 bits per heavy atom. The molecule has 1 atom stereocenters. The van der Waals surface area contributed by atoms with Gasteiger partial charge in [-0.1, -0.05) is 37.3 Å². The summed E-state index contributed by atoms with van der Waals surface area (Å²) in [5.74, 6) is 0.652. The van der Waals surface area contributed by atoms with E-state index in [-0.39, 0.29) is 12.1 Å². The molecule has 1 aliphatic rings. The molecule has 16 heavy (non-hydrogen) atoms. The van der Waals surface area contributed by atoms with Crippen LogP contribution >= 0.6 is 0 Å². The molecular weight excluding hydrogens is 198 g/mol. The van der Waals surface area contributed by atoms with Crippen molar-refractivity contribution in [1.82, 2.24) is 4.90 Å². The van der Waals surface area contributed by atoms with Gasteiger partial charge < -0.3 is 5.11 Å². The van der Waals surface area contributed by atoms with E-state index in [1.807, 2.05) is 0 Å². The van der Waals surface area contributed by atoms with E-state index in [1.54, 1.807) is 0 Å². The molecule has 2 heteroatoms. The SMILES string of the molecule is CCC(C)(CO)N1CC(c2ccccc2)C1. The van der Waals surface area contributed by atoms with Crippen molar-refractivity contribution in [2.24, 2.45) is 0 Å². The molecule has 0 aromatic heterocycles. The maximum absolute atomic E-state index is 9.44. The van der Waals surface area contributed by atoms with Crippen molar-refractivity contribution in [3.63, 3.8) is 0 Å². The van der Waals surface area contributed by atoms with Crippen LogP contribution < -0.4 is 0 Å². The van der Waals surface area contributed by atoms with Gasteiger partial charge in [0.1, 0.15) is 0 Å². The third-order valence-corrected chi connectivity index (χ3v) is 4.02. The molecule has 1 N–H and O–H groups in total. The van der Waals surface area contributed by atoms with E-state index in [9.17, 15) is 5.11 Å². The van der Waals surface area contributed by atoms with Crippen LogP contribution in [0.3, 0.4) is 0 Å². The molecule has 1 unspecified atom stereocenters. The topological polar surface area (TPSA) is 23.5 Å². The summed E-state index contributed by atoms with van der Waals surface area (Å²) in [6.45, 7) is 6.70. The van der Waals surface area contributed by atoms with E-state index in [0.717, 1.165) is 19.5 Å². The van der Waals surface area contributed by atoms with Gasteiger partial charge in [-0.25, -0.2) is 0 Å². The lowest BCUT2D eigenvalue weighted by molar-refractivity contribution is -0.0166. The summed E-state index contributed by atoms with van der Waals surface area (Å²) >= 11 is 0. The standard InChI is InChI=1S/C14H21NO/c1-3-14(2,11-16)15-9-13(10-15)12-7-5-4-6-8-12/h4-8,13,16H,3,9-11H2,1-2H3. The van der Waals surface area contributed by atoms with Crippen molar-refractivity contribution >= 4 is 0 Å². The molecular formula is C14H21NO. The first-order valence-corrected chi connectivity index (χ1v) is 6.10. The number of likely N-dealkylation sites (tertiary alicyclic amines) is 1. The van der Waals surface area contributed by atoms with Crippen molar-refractivity contribution in [2.45, 2.75) is 31.7 Å². The Morgan fingerprint density at radius 1 is 1.31 bits per heavy atom. The molecule has 0 radical (unpaired) electrons. The monoisotopic (exact) mass is 219 g/mol. The third kappa shape index (κ3) is 2.00. The third-order valence-electron chi connectivity index (χ3n) is 4.02. The maximum Gasteiger partial charge on any atom is 0.0612 e. The first kappa shape index (κ1) is 11.6. The van der Waals surface area contributed by atoms with Gasteiger partial charge in [-0.15, -0.1) is 0 Å². The summed E-state index contributed by atoms with van der Waals surface area (Å²) in [5, 5.41) is 9.44. The molecule has 1 aliphatic heterocycles. The average Bonchev–Trinajstić information content (AvgIpc) is 2.28. The largest absolute Gasteiger partial charge is 0.394 e. The molecule has 0 saturated carbocycles. The zero-order valence-corrected chi connectivity index (χ0v) is 10.2. The van der Waals surface area contributed by atoms with Crippen LogP contribution in [0.25, 0.3) is 0 Å². The van der Waals surface area contributed by atoms with Crippen LogP contribution in [-0.4, -0.2) is 35.2 Å². The van der Waals surface area contributed by atoms with E-state index in [0.29, 0.717) is 5.92 Å². The normalized spacial score (nSPS) is 21.4. The molecule has 1 saturated heterocycles. The second kappa shape index (κ2) is 4.56. The van der Waals surface area contributed by atoms with Crippen LogP contribution in [0.1, 0.15) is 31.7 Å². The maximum atomic E-state index is 9.44. The number of benzene rings is 1. The van der Waals surface area contributed by atoms with Gasteiger partial charge in [0.25, 0.3) is 0 Å². The van der Waals surface area contributed by atoms with Crippen LogP contribution in [0.5, 0.6) is 0 Å². The van der Waals surface area contributed by atoms with Gasteiger partial charge in [-0.3, -0.25) is 4.90 Å². The van der Waals surface area contributed by atoms with E-state index in [4.69, 9.17) is 0 Å². The number of aliphatic hydroxyl groups excluding tert-OH is 1. The molecule has 1 fully saturated rings.